The molecule has 0 radical (unpaired) electrons. The van der Waals surface area contributed by atoms with Gasteiger partial charge >= 0.3 is 29.8 Å². The van der Waals surface area contributed by atoms with E-state index in [1.807, 2.05) is 0 Å². The van der Waals surface area contributed by atoms with E-state index in [2.05, 4.69) is 9.92 Å². The summed E-state index contributed by atoms with van der Waals surface area (Å²) in [6.45, 7) is 2.88. The van der Waals surface area contributed by atoms with Crippen LogP contribution in [0.3, 0.4) is 0 Å². The topological polar surface area (TPSA) is 282 Å². The standard InChI is InChI=1S/C24H30N8O13/c1-14-3-4-17(31(39)40)16(14)9-11-43-21(35)7-5-18(33)26-23(37)28-45-29-24(38)27-19(34)6-8-22(36)44-12-10-30-15(2)25-13-20(30)32(41)42/h3-4,13,16H,5-12H2,1-2H3,(H2,26,28,33,37)(H2,27,29,34,38). The highest BCUT2D eigenvalue weighted by Crippen LogP contribution is 2.29. The molecule has 1 aromatic heterocycles. The van der Waals surface area contributed by atoms with Gasteiger partial charge < -0.3 is 19.6 Å². The Morgan fingerprint density at radius 3 is 1.93 bits per heavy atom. The van der Waals surface area contributed by atoms with Gasteiger partial charge in [-0.1, -0.05) is 11.6 Å². The summed E-state index contributed by atoms with van der Waals surface area (Å²) in [4.78, 5) is 99.6. The molecule has 2 rings (SSSR count). The lowest BCUT2D eigenvalue weighted by Crippen LogP contribution is -2.46. The van der Waals surface area contributed by atoms with E-state index in [4.69, 9.17) is 9.47 Å². The van der Waals surface area contributed by atoms with Crippen molar-refractivity contribution in [1.82, 2.24) is 31.1 Å². The number of imide groups is 2. The van der Waals surface area contributed by atoms with Crippen LogP contribution in [0.15, 0.2) is 29.6 Å². The maximum absolute atomic E-state index is 11.8. The number of aromatic nitrogens is 2. The Hall–Kier alpha value is -5.73. The molecular weight excluding hydrogens is 608 g/mol. The Kier molecular flexibility index (Phi) is 13.7. The van der Waals surface area contributed by atoms with Crippen LogP contribution in [0.4, 0.5) is 15.4 Å². The van der Waals surface area contributed by atoms with Crippen LogP contribution in [0, 0.1) is 33.1 Å². The zero-order chi connectivity index (χ0) is 33.5. The van der Waals surface area contributed by atoms with Gasteiger partial charge in [0.15, 0.2) is 5.82 Å². The molecule has 0 fully saturated rings. The summed E-state index contributed by atoms with van der Waals surface area (Å²) >= 11 is 0. The molecule has 244 valence electrons. The van der Waals surface area contributed by atoms with Gasteiger partial charge in [0.25, 0.3) is 5.70 Å². The number of allylic oxidation sites excluding steroid dienone is 3. The van der Waals surface area contributed by atoms with Crippen molar-refractivity contribution in [3.63, 3.8) is 0 Å². The van der Waals surface area contributed by atoms with E-state index in [1.165, 1.54) is 17.6 Å². The monoisotopic (exact) mass is 638 g/mol. The SMILES string of the molecule is CC1=CC=C([N+](=O)[O-])C1CCOC(=O)CCC(=O)NC(=O)NONC(=O)NC(=O)CCC(=O)OCCn1c([N+](=O)[O-])cnc1C. The maximum Gasteiger partial charge on any atom is 0.347 e. The maximum atomic E-state index is 11.8. The minimum absolute atomic E-state index is 0.000376. The first-order valence-corrected chi connectivity index (χ1v) is 13.1. The fraction of sp³-hybridized carbons (Fsp3) is 0.458. The Labute approximate surface area is 253 Å². The Morgan fingerprint density at radius 1 is 0.844 bits per heavy atom. The van der Waals surface area contributed by atoms with Gasteiger partial charge in [-0.2, -0.15) is 15.9 Å². The fourth-order valence-corrected chi connectivity index (χ4v) is 3.79. The molecule has 6 amide bonds. The lowest BCUT2D eigenvalue weighted by atomic mass is 9.98. The highest BCUT2D eigenvalue weighted by Gasteiger charge is 2.29. The van der Waals surface area contributed by atoms with Gasteiger partial charge in [0.2, 0.25) is 11.8 Å². The molecule has 1 aliphatic rings. The third kappa shape index (κ3) is 12.2. The molecule has 0 saturated heterocycles. The number of imidazole rings is 1. The molecule has 21 nitrogen and oxygen atoms in total. The molecule has 0 bridgehead atoms. The Morgan fingerprint density at radius 2 is 1.40 bits per heavy atom. The van der Waals surface area contributed by atoms with Crippen molar-refractivity contribution in [1.29, 1.82) is 0 Å². The molecule has 1 aliphatic carbocycles. The van der Waals surface area contributed by atoms with Crippen LogP contribution in [0.2, 0.25) is 0 Å². The molecule has 4 N–H and O–H groups in total. The second kappa shape index (κ2) is 17.4. The van der Waals surface area contributed by atoms with Crippen LogP contribution >= 0.6 is 0 Å². The number of amides is 6. The van der Waals surface area contributed by atoms with Gasteiger partial charge in [0.1, 0.15) is 19.3 Å². The lowest BCUT2D eigenvalue weighted by molar-refractivity contribution is -0.432. The van der Waals surface area contributed by atoms with Gasteiger partial charge in [0, 0.05) is 25.8 Å². The van der Waals surface area contributed by atoms with Crippen molar-refractivity contribution < 1.29 is 53.0 Å². The first kappa shape index (κ1) is 35.5. The molecule has 0 aromatic carbocycles. The predicted octanol–water partition coefficient (Wildman–Crippen LogP) is 0.372. The molecule has 45 heavy (non-hydrogen) atoms. The number of nitrogens with one attached hydrogen (secondary N) is 4. The summed E-state index contributed by atoms with van der Waals surface area (Å²) in [6, 6.07) is -2.45. The smallest absolute Gasteiger partial charge is 0.347 e. The number of nitrogens with zero attached hydrogens (tertiary/aromatic N) is 4. The van der Waals surface area contributed by atoms with E-state index < -0.39 is 70.8 Å². The summed E-state index contributed by atoms with van der Waals surface area (Å²) in [6.07, 6.45) is 2.54. The van der Waals surface area contributed by atoms with Crippen molar-refractivity contribution in [2.45, 2.75) is 52.5 Å². The molecule has 1 unspecified atom stereocenters. The largest absolute Gasteiger partial charge is 0.466 e. The average Bonchev–Trinajstić information content (AvgIpc) is 3.52. The molecule has 0 saturated carbocycles. The van der Waals surface area contributed by atoms with Crippen LogP contribution in [-0.4, -0.2) is 68.4 Å². The normalized spacial score (nSPS) is 13.5. The summed E-state index contributed by atoms with van der Waals surface area (Å²) in [7, 11) is 0. The molecule has 1 aromatic rings. The number of carbonyl (C=O) groups excluding carboxylic acids is 6. The molecule has 0 aliphatic heterocycles. The summed E-state index contributed by atoms with van der Waals surface area (Å²) in [5.74, 6) is -3.79. The van der Waals surface area contributed by atoms with E-state index in [0.29, 0.717) is 5.82 Å². The predicted molar refractivity (Wildman–Crippen MR) is 145 cm³/mol. The van der Waals surface area contributed by atoms with Crippen LogP contribution in [0.1, 0.15) is 44.9 Å². The van der Waals surface area contributed by atoms with Crippen LogP contribution in [-0.2, 0) is 40.1 Å². The van der Waals surface area contributed by atoms with Gasteiger partial charge in [-0.25, -0.2) is 19.1 Å². The van der Waals surface area contributed by atoms with E-state index in [-0.39, 0.29) is 44.1 Å². The zero-order valence-electron chi connectivity index (χ0n) is 24.1. The first-order valence-electron chi connectivity index (χ1n) is 13.1. The second-order valence-electron chi connectivity index (χ2n) is 9.17. The number of hydrogen-bond acceptors (Lipinski definition) is 14. The van der Waals surface area contributed by atoms with Gasteiger partial charge in [0.05, 0.1) is 30.3 Å². The van der Waals surface area contributed by atoms with E-state index >= 15 is 0 Å². The number of carbonyl (C=O) groups is 6. The summed E-state index contributed by atoms with van der Waals surface area (Å²) in [5.41, 5.74) is 4.01. The van der Waals surface area contributed by atoms with Crippen molar-refractivity contribution in [2.24, 2.45) is 5.92 Å². The molecule has 1 atom stereocenters. The number of hydroxylamine groups is 2. The van der Waals surface area contributed by atoms with Crippen LogP contribution < -0.4 is 21.6 Å². The first-order chi connectivity index (χ1) is 21.3. The summed E-state index contributed by atoms with van der Waals surface area (Å²) < 4.78 is 11.1. The minimum Gasteiger partial charge on any atom is -0.466 e. The minimum atomic E-state index is -1.23. The zero-order valence-corrected chi connectivity index (χ0v) is 24.1. The van der Waals surface area contributed by atoms with Crippen molar-refractivity contribution >= 4 is 41.6 Å². The third-order valence-electron chi connectivity index (χ3n) is 6.01. The Bertz CT molecular complexity index is 1400. The number of rotatable bonds is 16. The van der Waals surface area contributed by atoms with Crippen molar-refractivity contribution in [2.75, 3.05) is 13.2 Å². The van der Waals surface area contributed by atoms with Gasteiger partial charge in [-0.05, 0) is 18.3 Å². The van der Waals surface area contributed by atoms with Crippen molar-refractivity contribution in [3.8, 4) is 0 Å². The second-order valence-corrected chi connectivity index (χ2v) is 9.17. The van der Waals surface area contributed by atoms with E-state index in [1.54, 1.807) is 34.6 Å². The van der Waals surface area contributed by atoms with Crippen LogP contribution in [0.25, 0.3) is 0 Å². The highest BCUT2D eigenvalue weighted by molar-refractivity contribution is 5.96. The number of nitro groups is 2. The average molecular weight is 639 g/mol. The Balaban J connectivity index is 1.53. The van der Waals surface area contributed by atoms with E-state index in [0.717, 1.165) is 11.8 Å². The summed E-state index contributed by atoms with van der Waals surface area (Å²) in [5, 5.41) is 25.6. The molecule has 0 spiro atoms. The van der Waals surface area contributed by atoms with E-state index in [9.17, 15) is 49.0 Å². The van der Waals surface area contributed by atoms with Crippen LogP contribution in [0.5, 0.6) is 0 Å². The van der Waals surface area contributed by atoms with Gasteiger partial charge in [-0.3, -0.25) is 39.9 Å². The quantitative estimate of drug-likeness (QED) is 0.108. The van der Waals surface area contributed by atoms with Crippen molar-refractivity contribution in [3.05, 3.63) is 55.7 Å². The molecular formula is C24H30N8O13. The molecule has 21 heteroatoms. The fourth-order valence-electron chi connectivity index (χ4n) is 3.79. The third-order valence-corrected chi connectivity index (χ3v) is 6.01. The number of ether oxygens (including phenoxy) is 2. The number of hydrogen-bond donors (Lipinski definition) is 4. The highest BCUT2D eigenvalue weighted by atomic mass is 16.8. The lowest BCUT2D eigenvalue weighted by Gasteiger charge is -2.11. The molecule has 1 heterocycles. The number of esters is 2. The number of urea groups is 2. The van der Waals surface area contributed by atoms with Gasteiger partial charge in [-0.15, -0.1) is 0 Å². The number of aryl methyl sites for hydroxylation is 1.